The van der Waals surface area contributed by atoms with Gasteiger partial charge in [-0.3, -0.25) is 0 Å². The van der Waals surface area contributed by atoms with Crippen LogP contribution in [0.4, 0.5) is 0 Å². The number of carbonyl (C=O) groups is 1. The number of carboxylic acids is 1. The van der Waals surface area contributed by atoms with Crippen LogP contribution in [-0.4, -0.2) is 20.7 Å². The van der Waals surface area contributed by atoms with E-state index in [1.54, 1.807) is 13.0 Å². The molecule has 0 saturated carbocycles. The van der Waals surface area contributed by atoms with Crippen LogP contribution in [0.15, 0.2) is 20.6 Å². The Labute approximate surface area is 120 Å². The maximum Gasteiger partial charge on any atom is 0.281 e. The van der Waals surface area contributed by atoms with Crippen molar-refractivity contribution < 1.29 is 14.3 Å². The summed E-state index contributed by atoms with van der Waals surface area (Å²) in [7, 11) is 1.93. The summed E-state index contributed by atoms with van der Waals surface area (Å²) in [6.07, 6.45) is 1.56. The van der Waals surface area contributed by atoms with Gasteiger partial charge < -0.3 is 18.9 Å². The molecule has 0 atom stereocenters. The van der Waals surface area contributed by atoms with E-state index in [4.69, 9.17) is 4.42 Å². The second-order valence-electron chi connectivity index (χ2n) is 4.37. The third kappa shape index (κ3) is 2.93. The maximum absolute atomic E-state index is 11.2. The van der Waals surface area contributed by atoms with Crippen LogP contribution < -0.4 is 5.11 Å². The Kier molecular flexibility index (Phi) is 3.99. The van der Waals surface area contributed by atoms with Gasteiger partial charge in [0.15, 0.2) is 0 Å². The van der Waals surface area contributed by atoms with Crippen molar-refractivity contribution in [2.75, 3.05) is 0 Å². The highest BCUT2D eigenvalue weighted by atomic mass is 32.2. The fourth-order valence-corrected chi connectivity index (χ4v) is 2.42. The van der Waals surface area contributed by atoms with E-state index in [1.165, 1.54) is 0 Å². The van der Waals surface area contributed by atoms with E-state index in [2.05, 4.69) is 10.2 Å². The summed E-state index contributed by atoms with van der Waals surface area (Å²) in [5.41, 5.74) is 2.85. The van der Waals surface area contributed by atoms with Gasteiger partial charge in [0.25, 0.3) is 5.22 Å². The summed E-state index contributed by atoms with van der Waals surface area (Å²) in [5, 5.41) is 18.8. The van der Waals surface area contributed by atoms with E-state index < -0.39 is 5.97 Å². The van der Waals surface area contributed by atoms with E-state index >= 15 is 0 Å². The standard InChI is InChI=1S/C13H15N3O3S/c1-7-5-10(8(2)16(7)4)6-11(12(17)18)20-13-15-14-9(3)19-13/h5-6H,1-4H3,(H,17,18)/p-1/b11-6-. The van der Waals surface area contributed by atoms with Gasteiger partial charge in [-0.05, 0) is 43.3 Å². The molecule has 6 nitrogen and oxygen atoms in total. The minimum Gasteiger partial charge on any atom is -0.544 e. The minimum atomic E-state index is -1.27. The quantitative estimate of drug-likeness (QED) is 0.622. The molecular formula is C13H14N3O3S-. The zero-order valence-corrected chi connectivity index (χ0v) is 12.4. The van der Waals surface area contributed by atoms with Gasteiger partial charge in [0.2, 0.25) is 5.89 Å². The molecule has 0 aliphatic carbocycles. The van der Waals surface area contributed by atoms with Crippen molar-refractivity contribution in [1.82, 2.24) is 14.8 Å². The first-order valence-electron chi connectivity index (χ1n) is 5.92. The molecule has 2 rings (SSSR count). The molecule has 0 aromatic carbocycles. The largest absolute Gasteiger partial charge is 0.544 e. The number of aromatic nitrogens is 3. The van der Waals surface area contributed by atoms with Crippen LogP contribution in [0, 0.1) is 20.8 Å². The van der Waals surface area contributed by atoms with Gasteiger partial charge in [-0.25, -0.2) is 0 Å². The van der Waals surface area contributed by atoms with Crippen LogP contribution in [0.25, 0.3) is 6.08 Å². The van der Waals surface area contributed by atoms with Crippen molar-refractivity contribution in [3.8, 4) is 0 Å². The molecule has 0 radical (unpaired) electrons. The number of rotatable bonds is 4. The Morgan fingerprint density at radius 1 is 1.40 bits per heavy atom. The molecule has 0 amide bonds. The third-order valence-corrected chi connectivity index (χ3v) is 3.85. The molecule has 0 bridgehead atoms. The van der Waals surface area contributed by atoms with Gasteiger partial charge >= 0.3 is 0 Å². The molecule has 0 aliphatic rings. The van der Waals surface area contributed by atoms with E-state index in [9.17, 15) is 9.90 Å². The summed E-state index contributed by atoms with van der Waals surface area (Å²) in [4.78, 5) is 11.3. The second kappa shape index (κ2) is 5.54. The highest BCUT2D eigenvalue weighted by Crippen LogP contribution is 2.28. The maximum atomic E-state index is 11.2. The summed E-state index contributed by atoms with van der Waals surface area (Å²) in [6.45, 7) is 5.52. The van der Waals surface area contributed by atoms with Crippen LogP contribution in [-0.2, 0) is 11.8 Å². The number of thioether (sulfide) groups is 1. The molecule has 0 unspecified atom stereocenters. The van der Waals surface area contributed by atoms with E-state index in [-0.39, 0.29) is 10.1 Å². The van der Waals surface area contributed by atoms with Crippen LogP contribution in [0.3, 0.4) is 0 Å². The summed E-state index contributed by atoms with van der Waals surface area (Å²) < 4.78 is 7.15. The molecule has 20 heavy (non-hydrogen) atoms. The molecule has 0 saturated heterocycles. The highest BCUT2D eigenvalue weighted by Gasteiger charge is 2.11. The zero-order chi connectivity index (χ0) is 14.9. The minimum absolute atomic E-state index is 0.0300. The molecular weight excluding hydrogens is 278 g/mol. The van der Waals surface area contributed by atoms with Gasteiger partial charge in [0, 0.05) is 30.3 Å². The summed E-state index contributed by atoms with van der Waals surface area (Å²) in [6, 6.07) is 1.91. The average molecular weight is 292 g/mol. The number of aryl methyl sites for hydroxylation is 2. The third-order valence-electron chi connectivity index (χ3n) is 3.01. The fraction of sp³-hybridized carbons (Fsp3) is 0.308. The normalized spacial score (nSPS) is 11.9. The SMILES string of the molecule is Cc1nnc(S/C(=C\c2cc(C)n(C)c2C)C(=O)[O-])o1. The first kappa shape index (κ1) is 14.4. The van der Waals surface area contributed by atoms with Crippen molar-refractivity contribution in [2.45, 2.75) is 26.0 Å². The number of hydrogen-bond donors (Lipinski definition) is 0. The number of nitrogens with zero attached hydrogens (tertiary/aromatic N) is 3. The number of carbonyl (C=O) groups excluding carboxylic acids is 1. The number of carboxylic acid groups (broad SMARTS) is 1. The van der Waals surface area contributed by atoms with Crippen LogP contribution in [0.1, 0.15) is 22.8 Å². The van der Waals surface area contributed by atoms with Gasteiger partial charge in [0.05, 0.1) is 5.97 Å². The molecule has 2 heterocycles. The molecule has 0 aliphatic heterocycles. The molecule has 106 valence electrons. The van der Waals surface area contributed by atoms with E-state index in [0.717, 1.165) is 28.7 Å². The lowest BCUT2D eigenvalue weighted by Crippen LogP contribution is -2.23. The molecule has 0 fully saturated rings. The first-order chi connectivity index (χ1) is 9.38. The molecule has 0 N–H and O–H groups in total. The summed E-state index contributed by atoms with van der Waals surface area (Å²) >= 11 is 0.886. The van der Waals surface area contributed by atoms with Crippen LogP contribution in [0.2, 0.25) is 0 Å². The van der Waals surface area contributed by atoms with E-state index in [0.29, 0.717) is 5.89 Å². The zero-order valence-electron chi connectivity index (χ0n) is 11.6. The van der Waals surface area contributed by atoms with E-state index in [1.807, 2.05) is 31.5 Å². The molecule has 2 aromatic heterocycles. The topological polar surface area (TPSA) is 84.0 Å². The monoisotopic (exact) mass is 292 g/mol. The predicted octanol–water partition coefficient (Wildman–Crippen LogP) is 1.22. The van der Waals surface area contributed by atoms with Crippen molar-refractivity contribution in [3.05, 3.63) is 33.8 Å². The first-order valence-corrected chi connectivity index (χ1v) is 6.74. The Balaban J connectivity index is 2.35. The smallest absolute Gasteiger partial charge is 0.281 e. The van der Waals surface area contributed by atoms with Crippen LogP contribution >= 0.6 is 11.8 Å². The Morgan fingerprint density at radius 3 is 2.55 bits per heavy atom. The molecule has 7 heteroatoms. The van der Waals surface area contributed by atoms with Crippen molar-refractivity contribution in [3.63, 3.8) is 0 Å². The second-order valence-corrected chi connectivity index (χ2v) is 5.36. The average Bonchev–Trinajstić information content (AvgIpc) is 2.89. The fourth-order valence-electron chi connectivity index (χ4n) is 1.72. The van der Waals surface area contributed by atoms with Gasteiger partial charge in [-0.1, -0.05) is 0 Å². The molecule has 0 spiro atoms. The summed E-state index contributed by atoms with van der Waals surface area (Å²) in [5.74, 6) is -0.885. The number of hydrogen-bond acceptors (Lipinski definition) is 6. The van der Waals surface area contributed by atoms with Gasteiger partial charge in [-0.15, -0.1) is 10.2 Å². The number of aliphatic carboxylic acids is 1. The Hall–Kier alpha value is -2.02. The van der Waals surface area contributed by atoms with Crippen molar-refractivity contribution >= 4 is 23.8 Å². The van der Waals surface area contributed by atoms with Crippen molar-refractivity contribution in [2.24, 2.45) is 7.05 Å². The van der Waals surface area contributed by atoms with Gasteiger partial charge in [-0.2, -0.15) is 0 Å². The molecule has 2 aromatic rings. The van der Waals surface area contributed by atoms with Gasteiger partial charge in [0.1, 0.15) is 0 Å². The van der Waals surface area contributed by atoms with Crippen molar-refractivity contribution in [1.29, 1.82) is 0 Å². The van der Waals surface area contributed by atoms with Crippen LogP contribution in [0.5, 0.6) is 0 Å². The highest BCUT2D eigenvalue weighted by molar-refractivity contribution is 8.03. The Bertz CT molecular complexity index is 685. The lowest BCUT2D eigenvalue weighted by molar-refractivity contribution is -0.298. The Morgan fingerprint density at radius 2 is 2.10 bits per heavy atom. The lowest BCUT2D eigenvalue weighted by Gasteiger charge is -2.05. The predicted molar refractivity (Wildman–Crippen MR) is 72.8 cm³/mol. The lowest BCUT2D eigenvalue weighted by atomic mass is 10.2.